The second-order valence-electron chi connectivity index (χ2n) is 5.31. The lowest BCUT2D eigenvalue weighted by molar-refractivity contribution is 0.597. The predicted octanol–water partition coefficient (Wildman–Crippen LogP) is 3.26. The van der Waals surface area contributed by atoms with Crippen LogP contribution in [0.15, 0.2) is 41.7 Å². The van der Waals surface area contributed by atoms with Gasteiger partial charge in [-0.1, -0.05) is 29.8 Å². The summed E-state index contributed by atoms with van der Waals surface area (Å²) in [5.41, 5.74) is 2.30. The van der Waals surface area contributed by atoms with E-state index in [0.717, 1.165) is 42.6 Å². The SMILES string of the molecule is CCNC(=NCCc1ccccc1Cl)NCCn1cc(C)cn1.I. The molecular formula is C17H25ClIN5. The van der Waals surface area contributed by atoms with Gasteiger partial charge in [0.05, 0.1) is 12.7 Å². The highest BCUT2D eigenvalue weighted by atomic mass is 127. The van der Waals surface area contributed by atoms with Crippen LogP contribution in [0, 0.1) is 6.92 Å². The number of hydrogen-bond acceptors (Lipinski definition) is 2. The molecule has 0 aliphatic rings. The molecule has 2 rings (SSSR count). The third-order valence-corrected chi connectivity index (χ3v) is 3.72. The Bertz CT molecular complexity index is 641. The van der Waals surface area contributed by atoms with Crippen molar-refractivity contribution in [1.82, 2.24) is 20.4 Å². The summed E-state index contributed by atoms with van der Waals surface area (Å²) in [5.74, 6) is 0.823. The quantitative estimate of drug-likeness (QED) is 0.378. The molecule has 0 spiro atoms. The van der Waals surface area contributed by atoms with E-state index in [9.17, 15) is 0 Å². The van der Waals surface area contributed by atoms with Gasteiger partial charge in [0.1, 0.15) is 0 Å². The minimum atomic E-state index is 0. The zero-order chi connectivity index (χ0) is 16.5. The zero-order valence-corrected chi connectivity index (χ0v) is 17.2. The smallest absolute Gasteiger partial charge is 0.191 e. The highest BCUT2D eigenvalue weighted by molar-refractivity contribution is 14.0. The summed E-state index contributed by atoms with van der Waals surface area (Å²) in [6, 6.07) is 7.90. The van der Waals surface area contributed by atoms with Crippen LogP contribution < -0.4 is 10.6 Å². The number of benzene rings is 1. The minimum absolute atomic E-state index is 0. The summed E-state index contributed by atoms with van der Waals surface area (Å²) in [6.45, 7) is 7.21. The van der Waals surface area contributed by atoms with Crippen molar-refractivity contribution >= 4 is 41.5 Å². The molecular weight excluding hydrogens is 437 g/mol. The summed E-state index contributed by atoms with van der Waals surface area (Å²) < 4.78 is 1.93. The zero-order valence-electron chi connectivity index (χ0n) is 14.1. The maximum Gasteiger partial charge on any atom is 0.191 e. The van der Waals surface area contributed by atoms with Crippen LogP contribution in [-0.2, 0) is 13.0 Å². The summed E-state index contributed by atoms with van der Waals surface area (Å²) >= 11 is 6.16. The lowest BCUT2D eigenvalue weighted by Gasteiger charge is -2.11. The fraction of sp³-hybridized carbons (Fsp3) is 0.412. The fourth-order valence-corrected chi connectivity index (χ4v) is 2.44. The fourth-order valence-electron chi connectivity index (χ4n) is 2.21. The van der Waals surface area contributed by atoms with Crippen LogP contribution >= 0.6 is 35.6 Å². The summed E-state index contributed by atoms with van der Waals surface area (Å²) in [5, 5.41) is 11.6. The number of nitrogens with zero attached hydrogens (tertiary/aromatic N) is 3. The lowest BCUT2D eigenvalue weighted by atomic mass is 10.1. The Morgan fingerprint density at radius 3 is 2.75 bits per heavy atom. The first-order chi connectivity index (χ1) is 11.2. The molecule has 0 saturated carbocycles. The van der Waals surface area contributed by atoms with Gasteiger partial charge in [-0.2, -0.15) is 5.10 Å². The molecule has 0 unspecified atom stereocenters. The van der Waals surface area contributed by atoms with Crippen LogP contribution in [0.2, 0.25) is 5.02 Å². The van der Waals surface area contributed by atoms with Crippen LogP contribution in [0.4, 0.5) is 0 Å². The van der Waals surface area contributed by atoms with Gasteiger partial charge in [-0.3, -0.25) is 9.67 Å². The van der Waals surface area contributed by atoms with E-state index in [-0.39, 0.29) is 24.0 Å². The van der Waals surface area contributed by atoms with Crippen molar-refractivity contribution in [3.63, 3.8) is 0 Å². The van der Waals surface area contributed by atoms with Crippen molar-refractivity contribution in [1.29, 1.82) is 0 Å². The number of rotatable bonds is 7. The number of aliphatic imine (C=N–C) groups is 1. The molecule has 0 aliphatic carbocycles. The Morgan fingerprint density at radius 1 is 1.29 bits per heavy atom. The van der Waals surface area contributed by atoms with Crippen LogP contribution in [0.1, 0.15) is 18.1 Å². The molecule has 0 fully saturated rings. The Balaban J connectivity index is 0.00000288. The molecule has 5 nitrogen and oxygen atoms in total. The van der Waals surface area contributed by atoms with Crippen LogP contribution in [0.25, 0.3) is 0 Å². The molecule has 24 heavy (non-hydrogen) atoms. The van der Waals surface area contributed by atoms with Gasteiger partial charge in [0.25, 0.3) is 0 Å². The summed E-state index contributed by atoms with van der Waals surface area (Å²) in [4.78, 5) is 4.59. The first-order valence-electron chi connectivity index (χ1n) is 7.93. The van der Waals surface area contributed by atoms with E-state index in [1.54, 1.807) is 0 Å². The van der Waals surface area contributed by atoms with Gasteiger partial charge in [-0.05, 0) is 37.5 Å². The Morgan fingerprint density at radius 2 is 2.08 bits per heavy atom. The molecule has 0 amide bonds. The van der Waals surface area contributed by atoms with Gasteiger partial charge >= 0.3 is 0 Å². The number of guanidine groups is 1. The average molecular weight is 462 g/mol. The van der Waals surface area contributed by atoms with Gasteiger partial charge in [-0.15, -0.1) is 24.0 Å². The van der Waals surface area contributed by atoms with Crippen LogP contribution in [0.3, 0.4) is 0 Å². The van der Waals surface area contributed by atoms with Crippen molar-refractivity contribution in [3.8, 4) is 0 Å². The van der Waals surface area contributed by atoms with E-state index in [0.29, 0.717) is 6.54 Å². The average Bonchev–Trinajstić information content (AvgIpc) is 2.94. The molecule has 1 heterocycles. The van der Waals surface area contributed by atoms with E-state index < -0.39 is 0 Å². The number of aromatic nitrogens is 2. The number of aryl methyl sites for hydroxylation is 1. The molecule has 0 saturated heterocycles. The molecule has 132 valence electrons. The molecule has 1 aromatic carbocycles. The van der Waals surface area contributed by atoms with E-state index in [2.05, 4.69) is 27.6 Å². The number of halogens is 2. The monoisotopic (exact) mass is 461 g/mol. The molecule has 0 aliphatic heterocycles. The van der Waals surface area contributed by atoms with Gasteiger partial charge in [0, 0.05) is 30.9 Å². The van der Waals surface area contributed by atoms with Gasteiger partial charge in [-0.25, -0.2) is 0 Å². The third-order valence-electron chi connectivity index (χ3n) is 3.35. The Hall–Kier alpha value is -1.28. The first-order valence-corrected chi connectivity index (χ1v) is 8.31. The van der Waals surface area contributed by atoms with Crippen molar-refractivity contribution in [2.75, 3.05) is 19.6 Å². The Labute approximate surface area is 165 Å². The van der Waals surface area contributed by atoms with E-state index in [1.807, 2.05) is 48.3 Å². The second kappa shape index (κ2) is 11.3. The molecule has 2 aromatic rings. The molecule has 0 atom stereocenters. The lowest BCUT2D eigenvalue weighted by Crippen LogP contribution is -2.39. The molecule has 7 heteroatoms. The predicted molar refractivity (Wildman–Crippen MR) is 112 cm³/mol. The van der Waals surface area contributed by atoms with Gasteiger partial charge in [0.2, 0.25) is 0 Å². The molecule has 0 bridgehead atoms. The molecule has 0 radical (unpaired) electrons. The molecule has 2 N–H and O–H groups in total. The second-order valence-corrected chi connectivity index (χ2v) is 5.72. The third kappa shape index (κ3) is 7.09. The van der Waals surface area contributed by atoms with E-state index in [1.165, 1.54) is 5.56 Å². The van der Waals surface area contributed by atoms with E-state index >= 15 is 0 Å². The maximum absolute atomic E-state index is 6.16. The summed E-state index contributed by atoms with van der Waals surface area (Å²) in [7, 11) is 0. The standard InChI is InChI=1S/C17H24ClN5.HI/c1-3-19-17(21-10-11-23-13-14(2)12-22-23)20-9-8-15-6-4-5-7-16(15)18;/h4-7,12-13H,3,8-11H2,1-2H3,(H2,19,20,21);1H. The minimum Gasteiger partial charge on any atom is -0.357 e. The van der Waals surface area contributed by atoms with Crippen molar-refractivity contribution in [2.24, 2.45) is 4.99 Å². The normalized spacial score (nSPS) is 11.0. The Kier molecular flexibility index (Phi) is 9.78. The molecule has 1 aromatic heterocycles. The number of nitrogens with one attached hydrogen (secondary N) is 2. The highest BCUT2D eigenvalue weighted by Gasteiger charge is 2.00. The topological polar surface area (TPSA) is 54.2 Å². The van der Waals surface area contributed by atoms with Crippen molar-refractivity contribution in [3.05, 3.63) is 52.8 Å². The van der Waals surface area contributed by atoms with Crippen molar-refractivity contribution in [2.45, 2.75) is 26.8 Å². The van der Waals surface area contributed by atoms with Gasteiger partial charge < -0.3 is 10.6 Å². The summed E-state index contributed by atoms with van der Waals surface area (Å²) in [6.07, 6.45) is 4.72. The highest BCUT2D eigenvalue weighted by Crippen LogP contribution is 2.15. The largest absolute Gasteiger partial charge is 0.357 e. The maximum atomic E-state index is 6.16. The number of hydrogen-bond donors (Lipinski definition) is 2. The van der Waals surface area contributed by atoms with E-state index in [4.69, 9.17) is 11.6 Å². The van der Waals surface area contributed by atoms with Gasteiger partial charge in [0.15, 0.2) is 5.96 Å². The van der Waals surface area contributed by atoms with Crippen LogP contribution in [-0.4, -0.2) is 35.4 Å². The van der Waals surface area contributed by atoms with Crippen molar-refractivity contribution < 1.29 is 0 Å². The van der Waals surface area contributed by atoms with Crippen LogP contribution in [0.5, 0.6) is 0 Å². The first kappa shape index (κ1) is 20.8.